The first-order valence-corrected chi connectivity index (χ1v) is 7.53. The minimum Gasteiger partial charge on any atom is -0.0995 e. The summed E-state index contributed by atoms with van der Waals surface area (Å²) >= 11 is 0. The second kappa shape index (κ2) is 4.30. The third kappa shape index (κ3) is 1.90. The SMILES string of the molecule is C=C1CC(C)C(=C)C2CC3CCCCC3CC12. The average Bonchev–Trinajstić information content (AvgIpc) is 2.34. The van der Waals surface area contributed by atoms with Gasteiger partial charge in [0.2, 0.25) is 0 Å². The van der Waals surface area contributed by atoms with Crippen LogP contribution < -0.4 is 0 Å². The molecule has 94 valence electrons. The van der Waals surface area contributed by atoms with E-state index in [1.807, 2.05) is 0 Å². The highest BCUT2D eigenvalue weighted by molar-refractivity contribution is 5.23. The lowest BCUT2D eigenvalue weighted by molar-refractivity contribution is 0.0940. The van der Waals surface area contributed by atoms with E-state index in [4.69, 9.17) is 0 Å². The lowest BCUT2D eigenvalue weighted by atomic mass is 9.56. The molecule has 0 aromatic heterocycles. The number of allylic oxidation sites excluding steroid dienone is 2. The van der Waals surface area contributed by atoms with Gasteiger partial charge in [-0.2, -0.15) is 0 Å². The molecule has 0 radical (unpaired) electrons. The van der Waals surface area contributed by atoms with Gasteiger partial charge in [-0.1, -0.05) is 56.9 Å². The molecule has 17 heavy (non-hydrogen) atoms. The van der Waals surface area contributed by atoms with E-state index in [2.05, 4.69) is 20.1 Å². The number of hydrogen-bond acceptors (Lipinski definition) is 0. The summed E-state index contributed by atoms with van der Waals surface area (Å²) in [5.74, 6) is 4.29. The molecule has 3 saturated carbocycles. The highest BCUT2D eigenvalue weighted by Crippen LogP contribution is 2.53. The van der Waals surface area contributed by atoms with Gasteiger partial charge in [0.1, 0.15) is 0 Å². The molecule has 0 heteroatoms. The van der Waals surface area contributed by atoms with Crippen LogP contribution in [0.4, 0.5) is 0 Å². The molecular weight excluding hydrogens is 204 g/mol. The minimum absolute atomic E-state index is 0.684. The van der Waals surface area contributed by atoms with Gasteiger partial charge in [-0.15, -0.1) is 0 Å². The van der Waals surface area contributed by atoms with Crippen molar-refractivity contribution in [3.8, 4) is 0 Å². The van der Waals surface area contributed by atoms with Gasteiger partial charge in [0.05, 0.1) is 0 Å². The van der Waals surface area contributed by atoms with Crippen molar-refractivity contribution in [2.24, 2.45) is 29.6 Å². The van der Waals surface area contributed by atoms with E-state index in [9.17, 15) is 0 Å². The maximum Gasteiger partial charge on any atom is -0.0135 e. The molecule has 0 aliphatic heterocycles. The number of hydrogen-bond donors (Lipinski definition) is 0. The first-order chi connectivity index (χ1) is 8.16. The number of fused-ring (bicyclic) bond motifs is 2. The minimum atomic E-state index is 0.684. The predicted octanol–water partition coefficient (Wildman–Crippen LogP) is 4.97. The highest BCUT2D eigenvalue weighted by atomic mass is 14.5. The quantitative estimate of drug-likeness (QED) is 0.515. The largest absolute Gasteiger partial charge is 0.0995 e. The monoisotopic (exact) mass is 230 g/mol. The number of rotatable bonds is 0. The van der Waals surface area contributed by atoms with Crippen LogP contribution in [0.5, 0.6) is 0 Å². The predicted molar refractivity (Wildman–Crippen MR) is 73.7 cm³/mol. The molecule has 0 aromatic rings. The van der Waals surface area contributed by atoms with Crippen LogP contribution >= 0.6 is 0 Å². The fourth-order valence-corrected chi connectivity index (χ4v) is 4.79. The van der Waals surface area contributed by atoms with Gasteiger partial charge in [0.25, 0.3) is 0 Å². The van der Waals surface area contributed by atoms with Crippen molar-refractivity contribution in [3.63, 3.8) is 0 Å². The smallest absolute Gasteiger partial charge is 0.0135 e. The van der Waals surface area contributed by atoms with Crippen molar-refractivity contribution >= 4 is 0 Å². The van der Waals surface area contributed by atoms with Gasteiger partial charge in [-0.25, -0.2) is 0 Å². The van der Waals surface area contributed by atoms with E-state index in [-0.39, 0.29) is 0 Å². The second-order valence-corrected chi connectivity index (χ2v) is 6.83. The molecule has 5 unspecified atom stereocenters. The molecule has 3 rings (SSSR count). The summed E-state index contributed by atoms with van der Waals surface area (Å²) in [5.41, 5.74) is 3.09. The fraction of sp³-hybridized carbons (Fsp3) is 0.765. The van der Waals surface area contributed by atoms with Crippen LogP contribution in [0.1, 0.15) is 51.9 Å². The molecule has 5 atom stereocenters. The third-order valence-electron chi connectivity index (χ3n) is 5.87. The molecule has 0 amide bonds. The van der Waals surface area contributed by atoms with Crippen LogP contribution in [0.3, 0.4) is 0 Å². The van der Waals surface area contributed by atoms with Crippen molar-refractivity contribution < 1.29 is 0 Å². The molecule has 3 aliphatic rings. The Morgan fingerprint density at radius 2 is 1.53 bits per heavy atom. The Morgan fingerprint density at radius 1 is 0.941 bits per heavy atom. The summed E-state index contributed by atoms with van der Waals surface area (Å²) < 4.78 is 0. The Hall–Kier alpha value is -0.520. The topological polar surface area (TPSA) is 0 Å². The third-order valence-corrected chi connectivity index (χ3v) is 5.87. The zero-order valence-electron chi connectivity index (χ0n) is 11.3. The summed E-state index contributed by atoms with van der Waals surface area (Å²) in [7, 11) is 0. The van der Waals surface area contributed by atoms with Crippen LogP contribution in [-0.4, -0.2) is 0 Å². The van der Waals surface area contributed by atoms with Gasteiger partial charge in [-0.05, 0) is 48.9 Å². The Morgan fingerprint density at radius 3 is 2.18 bits per heavy atom. The Kier molecular flexibility index (Phi) is 2.92. The average molecular weight is 230 g/mol. The van der Waals surface area contributed by atoms with E-state index in [0.29, 0.717) is 5.92 Å². The van der Waals surface area contributed by atoms with E-state index in [1.165, 1.54) is 44.9 Å². The van der Waals surface area contributed by atoms with E-state index < -0.39 is 0 Å². The molecule has 0 N–H and O–H groups in total. The second-order valence-electron chi connectivity index (χ2n) is 6.83. The van der Waals surface area contributed by atoms with Crippen molar-refractivity contribution in [2.45, 2.75) is 51.9 Å². The van der Waals surface area contributed by atoms with E-state index in [0.717, 1.165) is 23.7 Å². The van der Waals surface area contributed by atoms with E-state index >= 15 is 0 Å². The van der Waals surface area contributed by atoms with Crippen LogP contribution in [-0.2, 0) is 0 Å². The summed E-state index contributed by atoms with van der Waals surface area (Å²) in [6.07, 6.45) is 9.99. The molecule has 0 heterocycles. The van der Waals surface area contributed by atoms with Crippen LogP contribution in [0.2, 0.25) is 0 Å². The normalized spacial score (nSPS) is 46.3. The first kappa shape index (κ1) is 11.6. The Bertz CT molecular complexity index is 338. The van der Waals surface area contributed by atoms with Crippen molar-refractivity contribution in [3.05, 3.63) is 24.3 Å². The lowest BCUT2D eigenvalue weighted by Crippen LogP contribution is -2.39. The molecule has 0 bridgehead atoms. The molecule has 0 aromatic carbocycles. The maximum absolute atomic E-state index is 4.41. The van der Waals surface area contributed by atoms with Crippen LogP contribution in [0.25, 0.3) is 0 Å². The van der Waals surface area contributed by atoms with Gasteiger partial charge < -0.3 is 0 Å². The Balaban J connectivity index is 1.82. The molecule has 0 saturated heterocycles. The zero-order chi connectivity index (χ0) is 12.0. The van der Waals surface area contributed by atoms with Gasteiger partial charge >= 0.3 is 0 Å². The Labute approximate surface area is 106 Å². The summed E-state index contributed by atoms with van der Waals surface area (Å²) in [5, 5.41) is 0. The highest BCUT2D eigenvalue weighted by Gasteiger charge is 2.43. The van der Waals surface area contributed by atoms with Gasteiger partial charge in [-0.3, -0.25) is 0 Å². The van der Waals surface area contributed by atoms with Crippen molar-refractivity contribution in [1.82, 2.24) is 0 Å². The first-order valence-electron chi connectivity index (χ1n) is 7.53. The maximum atomic E-state index is 4.41. The molecule has 0 spiro atoms. The van der Waals surface area contributed by atoms with Crippen molar-refractivity contribution in [1.29, 1.82) is 0 Å². The van der Waals surface area contributed by atoms with Gasteiger partial charge in [0, 0.05) is 0 Å². The molecule has 0 nitrogen and oxygen atoms in total. The molecule has 3 aliphatic carbocycles. The summed E-state index contributed by atoms with van der Waals surface area (Å²) in [6, 6.07) is 0. The standard InChI is InChI=1S/C17H26/c1-11-8-12(2)16-9-14-6-4-5-7-15(14)10-17(16)13(11)3/h11,14-17H,2-10H2,1H3. The lowest BCUT2D eigenvalue weighted by Gasteiger charge is -2.49. The fourth-order valence-electron chi connectivity index (χ4n) is 4.79. The van der Waals surface area contributed by atoms with Crippen molar-refractivity contribution in [2.75, 3.05) is 0 Å². The molecule has 3 fully saturated rings. The van der Waals surface area contributed by atoms with Gasteiger partial charge in [0.15, 0.2) is 0 Å². The zero-order valence-corrected chi connectivity index (χ0v) is 11.3. The van der Waals surface area contributed by atoms with Crippen LogP contribution in [0.15, 0.2) is 24.3 Å². The molecular formula is C17H26. The van der Waals surface area contributed by atoms with Crippen LogP contribution in [0, 0.1) is 29.6 Å². The van der Waals surface area contributed by atoms with E-state index in [1.54, 1.807) is 11.1 Å². The summed E-state index contributed by atoms with van der Waals surface area (Å²) in [4.78, 5) is 0. The summed E-state index contributed by atoms with van der Waals surface area (Å²) in [6.45, 7) is 11.1.